The molecular formula is C6H13NOS2. The highest BCUT2D eigenvalue weighted by molar-refractivity contribution is 8.22. The third kappa shape index (κ3) is 5.02. The van der Waals surface area contributed by atoms with Crippen LogP contribution < -0.4 is 0 Å². The Labute approximate surface area is 71.6 Å². The molecule has 0 aliphatic heterocycles. The van der Waals surface area contributed by atoms with Crippen molar-refractivity contribution in [2.75, 3.05) is 19.8 Å². The van der Waals surface area contributed by atoms with Gasteiger partial charge in [-0.05, 0) is 6.92 Å². The normalized spacial score (nSPS) is 12.8. The molecule has 0 rings (SSSR count). The van der Waals surface area contributed by atoms with Crippen molar-refractivity contribution < 1.29 is 5.11 Å². The number of thiocarbonyl (C=S) groups is 1. The van der Waals surface area contributed by atoms with E-state index in [1.54, 1.807) is 6.92 Å². The van der Waals surface area contributed by atoms with Crippen molar-refractivity contribution in [3.63, 3.8) is 0 Å². The number of aliphatic hydroxyl groups excluding tert-OH is 1. The highest BCUT2D eigenvalue weighted by Crippen LogP contribution is 2.07. The van der Waals surface area contributed by atoms with E-state index in [1.807, 2.05) is 19.0 Å². The Morgan fingerprint density at radius 1 is 1.70 bits per heavy atom. The quantitative estimate of drug-likeness (QED) is 0.638. The molecule has 0 aromatic heterocycles. The van der Waals surface area contributed by atoms with Gasteiger partial charge in [0, 0.05) is 19.8 Å². The Morgan fingerprint density at radius 2 is 2.20 bits per heavy atom. The molecule has 0 heterocycles. The van der Waals surface area contributed by atoms with Crippen molar-refractivity contribution in [1.29, 1.82) is 0 Å². The first-order valence-corrected chi connectivity index (χ1v) is 4.45. The van der Waals surface area contributed by atoms with Crippen molar-refractivity contribution in [2.24, 2.45) is 0 Å². The van der Waals surface area contributed by atoms with Gasteiger partial charge in [-0.15, -0.1) is 0 Å². The predicted molar refractivity (Wildman–Crippen MR) is 50.4 cm³/mol. The maximum Gasteiger partial charge on any atom is 0.135 e. The molecule has 0 spiro atoms. The zero-order valence-electron chi connectivity index (χ0n) is 6.50. The molecule has 2 nitrogen and oxygen atoms in total. The van der Waals surface area contributed by atoms with E-state index in [1.165, 1.54) is 11.8 Å². The molecule has 1 N–H and O–H groups in total. The Morgan fingerprint density at radius 3 is 2.50 bits per heavy atom. The monoisotopic (exact) mass is 179 g/mol. The van der Waals surface area contributed by atoms with E-state index in [-0.39, 0.29) is 6.10 Å². The Balaban J connectivity index is 3.40. The molecule has 0 amide bonds. The fraction of sp³-hybridized carbons (Fsp3) is 0.833. The molecule has 0 saturated heterocycles. The first kappa shape index (κ1) is 10.2. The highest BCUT2D eigenvalue weighted by Gasteiger charge is 2.01. The van der Waals surface area contributed by atoms with E-state index in [2.05, 4.69) is 0 Å². The zero-order chi connectivity index (χ0) is 8.15. The second kappa shape index (κ2) is 4.93. The molecule has 0 aromatic rings. The second-order valence-electron chi connectivity index (χ2n) is 2.32. The molecule has 0 saturated carbocycles. The van der Waals surface area contributed by atoms with Crippen LogP contribution in [0.25, 0.3) is 0 Å². The SMILES string of the molecule is C[C@@H](O)CSC(=S)N(C)C. The van der Waals surface area contributed by atoms with Crippen LogP contribution in [0.5, 0.6) is 0 Å². The third-order valence-corrected chi connectivity index (χ3v) is 2.79. The molecule has 60 valence electrons. The first-order valence-electron chi connectivity index (χ1n) is 3.06. The van der Waals surface area contributed by atoms with Crippen molar-refractivity contribution in [3.05, 3.63) is 0 Å². The topological polar surface area (TPSA) is 23.5 Å². The molecule has 10 heavy (non-hydrogen) atoms. The fourth-order valence-electron chi connectivity index (χ4n) is 0.321. The summed E-state index contributed by atoms with van der Waals surface area (Å²) in [6.07, 6.45) is -0.275. The number of aliphatic hydroxyl groups is 1. The summed E-state index contributed by atoms with van der Waals surface area (Å²) in [6.45, 7) is 1.76. The average Bonchev–Trinajstić information content (AvgIpc) is 1.82. The molecule has 0 fully saturated rings. The average molecular weight is 179 g/mol. The van der Waals surface area contributed by atoms with Gasteiger partial charge in [0.1, 0.15) is 4.32 Å². The van der Waals surface area contributed by atoms with E-state index in [0.717, 1.165) is 4.32 Å². The molecule has 0 aromatic carbocycles. The lowest BCUT2D eigenvalue weighted by atomic mass is 10.5. The van der Waals surface area contributed by atoms with Gasteiger partial charge in [0.05, 0.1) is 6.10 Å². The minimum absolute atomic E-state index is 0.275. The van der Waals surface area contributed by atoms with Crippen LogP contribution in [0, 0.1) is 0 Å². The molecule has 0 unspecified atom stereocenters. The van der Waals surface area contributed by atoms with Crippen LogP contribution in [0.2, 0.25) is 0 Å². The molecule has 0 aliphatic carbocycles. The van der Waals surface area contributed by atoms with Crippen molar-refractivity contribution in [3.8, 4) is 0 Å². The van der Waals surface area contributed by atoms with E-state index >= 15 is 0 Å². The number of hydrogen-bond acceptors (Lipinski definition) is 3. The molecule has 4 heteroatoms. The van der Waals surface area contributed by atoms with Crippen molar-refractivity contribution >= 4 is 28.3 Å². The first-order chi connectivity index (χ1) is 4.54. The zero-order valence-corrected chi connectivity index (χ0v) is 8.13. The van der Waals surface area contributed by atoms with Gasteiger partial charge in [-0.3, -0.25) is 0 Å². The van der Waals surface area contributed by atoms with Crippen molar-refractivity contribution in [1.82, 2.24) is 4.90 Å². The number of thioether (sulfide) groups is 1. The molecule has 0 bridgehead atoms. The summed E-state index contributed by atoms with van der Waals surface area (Å²) in [4.78, 5) is 1.86. The second-order valence-corrected chi connectivity index (χ2v) is 3.97. The number of nitrogens with zero attached hydrogens (tertiary/aromatic N) is 1. The van der Waals surface area contributed by atoms with E-state index in [4.69, 9.17) is 17.3 Å². The summed E-state index contributed by atoms with van der Waals surface area (Å²) < 4.78 is 0.820. The summed E-state index contributed by atoms with van der Waals surface area (Å²) in [5.41, 5.74) is 0. The standard InChI is InChI=1S/C6H13NOS2/c1-5(8)4-10-6(9)7(2)3/h5,8H,4H2,1-3H3/t5-/m1/s1. The maximum atomic E-state index is 8.88. The summed E-state index contributed by atoms with van der Waals surface area (Å²) in [5, 5.41) is 8.88. The van der Waals surface area contributed by atoms with Gasteiger partial charge in [-0.1, -0.05) is 24.0 Å². The lowest BCUT2D eigenvalue weighted by molar-refractivity contribution is 0.220. The Hall–Kier alpha value is 0.200. The fourth-order valence-corrected chi connectivity index (χ4v) is 1.17. The van der Waals surface area contributed by atoms with E-state index in [9.17, 15) is 0 Å². The van der Waals surface area contributed by atoms with Crippen molar-refractivity contribution in [2.45, 2.75) is 13.0 Å². The Kier molecular flexibility index (Phi) is 5.03. The number of rotatable bonds is 2. The van der Waals surface area contributed by atoms with Crippen LogP contribution in [-0.2, 0) is 0 Å². The van der Waals surface area contributed by atoms with Crippen LogP contribution in [-0.4, -0.2) is 40.3 Å². The summed E-state index contributed by atoms with van der Waals surface area (Å²) in [5.74, 6) is 0.678. The highest BCUT2D eigenvalue weighted by atomic mass is 32.2. The lowest BCUT2D eigenvalue weighted by Crippen LogP contribution is -2.18. The number of hydrogen-bond donors (Lipinski definition) is 1. The van der Waals surface area contributed by atoms with E-state index in [0.29, 0.717) is 5.75 Å². The van der Waals surface area contributed by atoms with Crippen LogP contribution in [0.3, 0.4) is 0 Å². The van der Waals surface area contributed by atoms with Gasteiger partial charge in [0.2, 0.25) is 0 Å². The lowest BCUT2D eigenvalue weighted by Gasteiger charge is -2.12. The Bertz CT molecular complexity index is 114. The largest absolute Gasteiger partial charge is 0.393 e. The molecule has 0 radical (unpaired) electrons. The minimum Gasteiger partial charge on any atom is -0.393 e. The predicted octanol–water partition coefficient (Wildman–Crippen LogP) is 0.947. The third-order valence-electron chi connectivity index (χ3n) is 0.813. The van der Waals surface area contributed by atoms with Crippen LogP contribution in [0.15, 0.2) is 0 Å². The minimum atomic E-state index is -0.275. The van der Waals surface area contributed by atoms with Gasteiger partial charge in [0.25, 0.3) is 0 Å². The summed E-state index contributed by atoms with van der Waals surface area (Å²) in [7, 11) is 3.80. The van der Waals surface area contributed by atoms with Gasteiger partial charge in [-0.2, -0.15) is 0 Å². The summed E-state index contributed by atoms with van der Waals surface area (Å²) in [6, 6.07) is 0. The van der Waals surface area contributed by atoms with Crippen LogP contribution in [0.1, 0.15) is 6.92 Å². The van der Waals surface area contributed by atoms with Gasteiger partial charge in [0.15, 0.2) is 0 Å². The summed E-state index contributed by atoms with van der Waals surface area (Å²) >= 11 is 6.47. The molecular weight excluding hydrogens is 166 g/mol. The molecule has 0 aliphatic rings. The van der Waals surface area contributed by atoms with Gasteiger partial charge >= 0.3 is 0 Å². The van der Waals surface area contributed by atoms with Gasteiger partial charge in [-0.25, -0.2) is 0 Å². The molecule has 1 atom stereocenters. The van der Waals surface area contributed by atoms with Crippen LogP contribution in [0.4, 0.5) is 0 Å². The smallest absolute Gasteiger partial charge is 0.135 e. The van der Waals surface area contributed by atoms with E-state index < -0.39 is 0 Å². The van der Waals surface area contributed by atoms with Crippen LogP contribution >= 0.6 is 24.0 Å². The van der Waals surface area contributed by atoms with Gasteiger partial charge < -0.3 is 10.0 Å². The maximum absolute atomic E-state index is 8.88.